The summed E-state index contributed by atoms with van der Waals surface area (Å²) in [6, 6.07) is 24.4. The lowest BCUT2D eigenvalue weighted by atomic mass is 10.0. The van der Waals surface area contributed by atoms with Crippen molar-refractivity contribution in [2.24, 2.45) is 0 Å². The molecule has 3 aromatic carbocycles. The third-order valence-corrected chi connectivity index (χ3v) is 6.29. The Morgan fingerprint density at radius 2 is 0.944 bits per heavy atom. The lowest BCUT2D eigenvalue weighted by molar-refractivity contribution is 0.395. The van der Waals surface area contributed by atoms with E-state index in [-0.39, 0.29) is 0 Å². The molecule has 182 valence electrons. The molecule has 0 atom stereocenters. The molecule has 2 N–H and O–H groups in total. The third-order valence-electron chi connectivity index (χ3n) is 6.29. The maximum Gasteiger partial charge on any atom is 0.131 e. The molecule has 0 fully saturated rings. The van der Waals surface area contributed by atoms with Crippen LogP contribution in [-0.4, -0.2) is 38.4 Å². The van der Waals surface area contributed by atoms with E-state index in [4.69, 9.17) is 18.9 Å². The van der Waals surface area contributed by atoms with Crippen LogP contribution in [0.2, 0.25) is 0 Å². The molecule has 0 radical (unpaired) electrons. The van der Waals surface area contributed by atoms with E-state index < -0.39 is 0 Å². The number of nitrogens with one attached hydrogen (secondary N) is 2. The van der Waals surface area contributed by atoms with Crippen molar-refractivity contribution in [2.45, 2.75) is 0 Å². The lowest BCUT2D eigenvalue weighted by Gasteiger charge is -2.09. The first kappa shape index (κ1) is 23.2. The summed E-state index contributed by atoms with van der Waals surface area (Å²) in [5.74, 6) is 3.03. The van der Waals surface area contributed by atoms with Crippen molar-refractivity contribution in [3.63, 3.8) is 0 Å². The van der Waals surface area contributed by atoms with Crippen LogP contribution in [0, 0.1) is 0 Å². The van der Waals surface area contributed by atoms with Gasteiger partial charge in [-0.3, -0.25) is 0 Å². The van der Waals surface area contributed by atoms with Gasteiger partial charge in [0.05, 0.1) is 28.4 Å². The minimum atomic E-state index is 0.755. The first-order valence-corrected chi connectivity index (χ1v) is 11.6. The van der Waals surface area contributed by atoms with Crippen molar-refractivity contribution in [1.82, 2.24) is 9.97 Å². The number of aromatic amines is 2. The molecule has 0 aliphatic rings. The van der Waals surface area contributed by atoms with E-state index in [2.05, 4.69) is 46.4 Å². The summed E-state index contributed by atoms with van der Waals surface area (Å²) in [5.41, 5.74) is 8.33. The first-order valence-electron chi connectivity index (χ1n) is 11.6. The fourth-order valence-electron chi connectivity index (χ4n) is 4.35. The van der Waals surface area contributed by atoms with Crippen molar-refractivity contribution < 1.29 is 18.9 Å². The van der Waals surface area contributed by atoms with E-state index >= 15 is 0 Å². The Kier molecular flexibility index (Phi) is 6.41. The molecule has 0 aliphatic heterocycles. The Balaban J connectivity index is 1.44. The van der Waals surface area contributed by atoms with Crippen molar-refractivity contribution >= 4 is 0 Å². The number of methoxy groups -OCH3 is 4. The van der Waals surface area contributed by atoms with Crippen LogP contribution in [0.1, 0.15) is 0 Å². The van der Waals surface area contributed by atoms with Gasteiger partial charge >= 0.3 is 0 Å². The highest BCUT2D eigenvalue weighted by molar-refractivity contribution is 5.80. The molecule has 6 nitrogen and oxygen atoms in total. The fraction of sp³-hybridized carbons (Fsp3) is 0.133. The average Bonchev–Trinajstić information content (AvgIpc) is 3.63. The Bertz CT molecular complexity index is 1390. The Morgan fingerprint density at radius 1 is 0.472 bits per heavy atom. The van der Waals surface area contributed by atoms with Crippen molar-refractivity contribution in [1.29, 1.82) is 0 Å². The SMILES string of the molecule is COc1ccc(-c2cc(-c3cccc(-c4c[nH]c(-c5ccc(OC)cc5OC)c4)c3)c[nH]2)c(OC)c1. The summed E-state index contributed by atoms with van der Waals surface area (Å²) in [4.78, 5) is 6.78. The number of rotatable bonds is 8. The van der Waals surface area contributed by atoms with Crippen molar-refractivity contribution in [3.8, 4) is 67.8 Å². The molecule has 0 saturated carbocycles. The van der Waals surface area contributed by atoms with E-state index in [0.29, 0.717) is 0 Å². The topological polar surface area (TPSA) is 68.5 Å². The highest BCUT2D eigenvalue weighted by Crippen LogP contribution is 2.37. The number of ether oxygens (including phenoxy) is 4. The maximum atomic E-state index is 5.58. The smallest absolute Gasteiger partial charge is 0.131 e. The van der Waals surface area contributed by atoms with Crippen LogP contribution in [0.15, 0.2) is 85.2 Å². The van der Waals surface area contributed by atoms with Gasteiger partial charge in [-0.1, -0.05) is 18.2 Å². The minimum absolute atomic E-state index is 0.755. The summed E-state index contributed by atoms with van der Waals surface area (Å²) in [6.07, 6.45) is 4.03. The van der Waals surface area contributed by atoms with Crippen LogP contribution >= 0.6 is 0 Å². The van der Waals surface area contributed by atoms with Crippen molar-refractivity contribution in [3.05, 3.63) is 85.2 Å². The van der Waals surface area contributed by atoms with Crippen LogP contribution in [0.5, 0.6) is 23.0 Å². The van der Waals surface area contributed by atoms with E-state index in [1.54, 1.807) is 28.4 Å². The molecule has 0 spiro atoms. The molecule has 0 amide bonds. The molecular formula is C30H28N2O4. The largest absolute Gasteiger partial charge is 0.497 e. The molecule has 6 heteroatoms. The fourth-order valence-corrected chi connectivity index (χ4v) is 4.35. The summed E-state index contributed by atoms with van der Waals surface area (Å²) >= 11 is 0. The number of hydrogen-bond acceptors (Lipinski definition) is 4. The number of hydrogen-bond donors (Lipinski definition) is 2. The normalized spacial score (nSPS) is 10.8. The molecular weight excluding hydrogens is 452 g/mol. The number of H-pyrrole nitrogens is 2. The quantitative estimate of drug-likeness (QED) is 0.250. The molecule has 2 heterocycles. The van der Waals surface area contributed by atoms with Gasteiger partial charge in [0.25, 0.3) is 0 Å². The predicted molar refractivity (Wildman–Crippen MR) is 143 cm³/mol. The highest BCUT2D eigenvalue weighted by atomic mass is 16.5. The second-order valence-corrected chi connectivity index (χ2v) is 8.32. The monoisotopic (exact) mass is 480 g/mol. The van der Waals surface area contributed by atoms with Gasteiger partial charge < -0.3 is 28.9 Å². The molecule has 5 aromatic rings. The van der Waals surface area contributed by atoms with Gasteiger partial charge in [-0.05, 0) is 64.7 Å². The van der Waals surface area contributed by atoms with Gasteiger partial charge in [0.2, 0.25) is 0 Å². The van der Waals surface area contributed by atoms with E-state index in [1.165, 1.54) is 0 Å². The average molecular weight is 481 g/mol. The summed E-state index contributed by atoms with van der Waals surface area (Å²) in [5, 5.41) is 0. The van der Waals surface area contributed by atoms with Crippen LogP contribution in [0.25, 0.3) is 44.8 Å². The Morgan fingerprint density at radius 3 is 1.36 bits per heavy atom. The summed E-state index contributed by atoms with van der Waals surface area (Å²) in [7, 11) is 6.63. The van der Waals surface area contributed by atoms with Gasteiger partial charge in [-0.15, -0.1) is 0 Å². The number of benzene rings is 3. The summed E-state index contributed by atoms with van der Waals surface area (Å²) in [6.45, 7) is 0. The second kappa shape index (κ2) is 9.96. The zero-order valence-corrected chi connectivity index (χ0v) is 20.7. The third kappa shape index (κ3) is 4.41. The van der Waals surface area contributed by atoms with Crippen LogP contribution in [-0.2, 0) is 0 Å². The standard InChI is InChI=1S/C30H28N2O4/c1-33-23-8-10-25(29(15-23)35-3)27-13-21(17-31-27)19-6-5-7-20(12-19)22-14-28(32-18-22)26-11-9-24(34-2)16-30(26)36-4/h5-18,31-32H,1-4H3. The van der Waals surface area contributed by atoms with E-state index in [9.17, 15) is 0 Å². The second-order valence-electron chi connectivity index (χ2n) is 8.32. The molecule has 0 saturated heterocycles. The molecule has 0 unspecified atom stereocenters. The molecule has 0 bridgehead atoms. The molecule has 5 rings (SSSR count). The molecule has 2 aromatic heterocycles. The minimum Gasteiger partial charge on any atom is -0.497 e. The van der Waals surface area contributed by atoms with Gasteiger partial charge in [0, 0.05) is 47.0 Å². The zero-order chi connectivity index (χ0) is 25.1. The van der Waals surface area contributed by atoms with Gasteiger partial charge in [0.15, 0.2) is 0 Å². The zero-order valence-electron chi connectivity index (χ0n) is 20.7. The molecule has 36 heavy (non-hydrogen) atoms. The van der Waals surface area contributed by atoms with Crippen LogP contribution in [0.3, 0.4) is 0 Å². The predicted octanol–water partition coefficient (Wildman–Crippen LogP) is 7.05. The van der Waals surface area contributed by atoms with Crippen LogP contribution < -0.4 is 18.9 Å². The molecule has 0 aliphatic carbocycles. The van der Waals surface area contributed by atoms with Gasteiger partial charge in [-0.2, -0.15) is 0 Å². The van der Waals surface area contributed by atoms with E-state index in [1.807, 2.05) is 48.8 Å². The highest BCUT2D eigenvalue weighted by Gasteiger charge is 2.13. The van der Waals surface area contributed by atoms with Gasteiger partial charge in [-0.25, -0.2) is 0 Å². The summed E-state index contributed by atoms with van der Waals surface area (Å²) < 4.78 is 21.8. The van der Waals surface area contributed by atoms with E-state index in [0.717, 1.165) is 67.8 Å². The van der Waals surface area contributed by atoms with Crippen LogP contribution in [0.4, 0.5) is 0 Å². The Labute approximate surface area is 210 Å². The van der Waals surface area contributed by atoms with Crippen molar-refractivity contribution in [2.75, 3.05) is 28.4 Å². The van der Waals surface area contributed by atoms with Gasteiger partial charge in [0.1, 0.15) is 23.0 Å². The lowest BCUT2D eigenvalue weighted by Crippen LogP contribution is -1.90. The Hall–Kier alpha value is -4.58. The first-order chi connectivity index (χ1) is 17.6. The number of aromatic nitrogens is 2. The maximum absolute atomic E-state index is 5.58.